The van der Waals surface area contributed by atoms with Gasteiger partial charge in [0.1, 0.15) is 0 Å². The summed E-state index contributed by atoms with van der Waals surface area (Å²) in [6, 6.07) is 10.2. The van der Waals surface area contributed by atoms with Crippen molar-refractivity contribution in [2.75, 3.05) is 0 Å². The number of fused-ring (bicyclic) bond motifs is 1. The van der Waals surface area contributed by atoms with Crippen molar-refractivity contribution in [3.8, 4) is 0 Å². The van der Waals surface area contributed by atoms with E-state index in [4.69, 9.17) is 4.74 Å². The maximum atomic E-state index is 5.54. The topological polar surface area (TPSA) is 22.1 Å². The van der Waals surface area contributed by atoms with Crippen molar-refractivity contribution in [1.29, 1.82) is 0 Å². The normalized spacial score (nSPS) is 11.0. The van der Waals surface area contributed by atoms with Gasteiger partial charge in [0, 0.05) is 5.39 Å². The smallest absolute Gasteiger partial charge is 0.0891 e. The molecular formula is C15H17NO. The average Bonchev–Trinajstić information content (AvgIpc) is 2.35. The zero-order valence-electron chi connectivity index (χ0n) is 10.3. The Balaban J connectivity index is 2.28. The predicted octanol–water partition coefficient (Wildman–Crippen LogP) is 3.80. The van der Waals surface area contributed by atoms with Gasteiger partial charge in [-0.1, -0.05) is 24.8 Å². The second-order valence-corrected chi connectivity index (χ2v) is 4.32. The van der Waals surface area contributed by atoms with Crippen LogP contribution in [0.15, 0.2) is 36.9 Å². The fourth-order valence-electron chi connectivity index (χ4n) is 1.65. The van der Waals surface area contributed by atoms with E-state index in [1.54, 1.807) is 0 Å². The molecule has 2 rings (SSSR count). The monoisotopic (exact) mass is 227 g/mol. The van der Waals surface area contributed by atoms with Crippen molar-refractivity contribution in [3.05, 3.63) is 48.2 Å². The van der Waals surface area contributed by atoms with E-state index in [0.717, 1.165) is 22.2 Å². The van der Waals surface area contributed by atoms with Gasteiger partial charge in [-0.05, 0) is 37.6 Å². The first-order valence-corrected chi connectivity index (χ1v) is 5.83. The van der Waals surface area contributed by atoms with Crippen molar-refractivity contribution in [2.24, 2.45) is 0 Å². The minimum absolute atomic E-state index is 0.232. The van der Waals surface area contributed by atoms with Crippen molar-refractivity contribution in [1.82, 2.24) is 4.98 Å². The van der Waals surface area contributed by atoms with Gasteiger partial charge in [0.05, 0.1) is 23.9 Å². The fourth-order valence-corrected chi connectivity index (χ4v) is 1.65. The van der Waals surface area contributed by atoms with Crippen LogP contribution in [0.1, 0.15) is 25.1 Å². The molecule has 0 saturated heterocycles. The van der Waals surface area contributed by atoms with Crippen molar-refractivity contribution < 1.29 is 4.74 Å². The van der Waals surface area contributed by atoms with Gasteiger partial charge in [0.2, 0.25) is 0 Å². The van der Waals surface area contributed by atoms with Crippen LogP contribution in [-0.4, -0.2) is 11.1 Å². The number of pyridine rings is 1. The molecule has 2 heteroatoms. The minimum atomic E-state index is 0.232. The molecule has 1 heterocycles. The van der Waals surface area contributed by atoms with Gasteiger partial charge < -0.3 is 4.74 Å². The van der Waals surface area contributed by atoms with E-state index in [1.165, 1.54) is 0 Å². The number of ether oxygens (including phenoxy) is 1. The molecule has 0 amide bonds. The van der Waals surface area contributed by atoms with Crippen LogP contribution in [-0.2, 0) is 11.3 Å². The predicted molar refractivity (Wildman–Crippen MR) is 71.8 cm³/mol. The molecule has 0 bridgehead atoms. The third-order valence-corrected chi connectivity index (χ3v) is 2.57. The van der Waals surface area contributed by atoms with E-state index in [1.807, 2.05) is 38.1 Å². The molecule has 0 aliphatic heterocycles. The quantitative estimate of drug-likeness (QED) is 0.792. The summed E-state index contributed by atoms with van der Waals surface area (Å²) in [6.07, 6.45) is 2.07. The van der Waals surface area contributed by atoms with Crippen LogP contribution < -0.4 is 0 Å². The molecule has 0 aliphatic rings. The Kier molecular flexibility index (Phi) is 3.55. The van der Waals surface area contributed by atoms with E-state index in [2.05, 4.69) is 23.7 Å². The number of hydrogen-bond acceptors (Lipinski definition) is 2. The molecule has 0 unspecified atom stereocenters. The lowest BCUT2D eigenvalue weighted by Crippen LogP contribution is -2.03. The highest BCUT2D eigenvalue weighted by Gasteiger charge is 2.00. The first-order chi connectivity index (χ1) is 8.19. The molecule has 2 nitrogen and oxygen atoms in total. The number of rotatable bonds is 4. The SMILES string of the molecule is C=Cc1ccc2nc(COC(C)C)ccc2c1. The van der Waals surface area contributed by atoms with Crippen LogP contribution in [0.25, 0.3) is 17.0 Å². The number of hydrogen-bond donors (Lipinski definition) is 0. The van der Waals surface area contributed by atoms with Crippen LogP contribution in [0, 0.1) is 0 Å². The average molecular weight is 227 g/mol. The molecule has 1 aromatic heterocycles. The lowest BCUT2D eigenvalue weighted by molar-refractivity contribution is 0.0637. The van der Waals surface area contributed by atoms with E-state index >= 15 is 0 Å². The Labute approximate surface area is 102 Å². The first kappa shape index (κ1) is 11.8. The fraction of sp³-hybridized carbons (Fsp3) is 0.267. The zero-order chi connectivity index (χ0) is 12.3. The highest BCUT2D eigenvalue weighted by Crippen LogP contribution is 2.16. The molecule has 0 fully saturated rings. The summed E-state index contributed by atoms with van der Waals surface area (Å²) < 4.78 is 5.54. The summed E-state index contributed by atoms with van der Waals surface area (Å²) in [7, 11) is 0. The van der Waals surface area contributed by atoms with Gasteiger partial charge in [0.15, 0.2) is 0 Å². The molecule has 2 aromatic rings. The van der Waals surface area contributed by atoms with Crippen LogP contribution >= 0.6 is 0 Å². The van der Waals surface area contributed by atoms with E-state index in [9.17, 15) is 0 Å². The molecule has 0 aliphatic carbocycles. The Morgan fingerprint density at radius 3 is 2.82 bits per heavy atom. The van der Waals surface area contributed by atoms with E-state index in [-0.39, 0.29) is 6.10 Å². The third-order valence-electron chi connectivity index (χ3n) is 2.57. The summed E-state index contributed by atoms with van der Waals surface area (Å²) >= 11 is 0. The van der Waals surface area contributed by atoms with Crippen LogP contribution in [0.2, 0.25) is 0 Å². The molecule has 0 N–H and O–H groups in total. The van der Waals surface area contributed by atoms with Gasteiger partial charge in [0.25, 0.3) is 0 Å². The minimum Gasteiger partial charge on any atom is -0.373 e. The van der Waals surface area contributed by atoms with E-state index in [0.29, 0.717) is 6.61 Å². The first-order valence-electron chi connectivity index (χ1n) is 5.83. The summed E-state index contributed by atoms with van der Waals surface area (Å²) in [5, 5.41) is 1.13. The number of benzene rings is 1. The molecule has 0 saturated carbocycles. The standard InChI is InChI=1S/C15H17NO/c1-4-12-5-8-15-13(9-12)6-7-14(16-15)10-17-11(2)3/h4-9,11H,1,10H2,2-3H3. The lowest BCUT2D eigenvalue weighted by atomic mass is 10.1. The summed E-state index contributed by atoms with van der Waals surface area (Å²) in [4.78, 5) is 4.56. The summed E-state index contributed by atoms with van der Waals surface area (Å²) in [6.45, 7) is 8.38. The molecule has 0 radical (unpaired) electrons. The van der Waals surface area contributed by atoms with E-state index < -0.39 is 0 Å². The molecule has 17 heavy (non-hydrogen) atoms. The largest absolute Gasteiger partial charge is 0.373 e. The summed E-state index contributed by atoms with van der Waals surface area (Å²) in [5.41, 5.74) is 3.09. The summed E-state index contributed by atoms with van der Waals surface area (Å²) in [5.74, 6) is 0. The Hall–Kier alpha value is -1.67. The van der Waals surface area contributed by atoms with Gasteiger partial charge in [-0.15, -0.1) is 0 Å². The highest BCUT2D eigenvalue weighted by molar-refractivity contribution is 5.81. The van der Waals surface area contributed by atoms with Crippen molar-refractivity contribution in [3.63, 3.8) is 0 Å². The van der Waals surface area contributed by atoms with Crippen LogP contribution in [0.5, 0.6) is 0 Å². The molecule has 1 aromatic carbocycles. The molecule has 0 atom stereocenters. The second-order valence-electron chi connectivity index (χ2n) is 4.32. The van der Waals surface area contributed by atoms with Crippen LogP contribution in [0.3, 0.4) is 0 Å². The van der Waals surface area contributed by atoms with Gasteiger partial charge in [-0.25, -0.2) is 0 Å². The van der Waals surface area contributed by atoms with Gasteiger partial charge >= 0.3 is 0 Å². The lowest BCUT2D eigenvalue weighted by Gasteiger charge is -2.07. The van der Waals surface area contributed by atoms with Crippen LogP contribution in [0.4, 0.5) is 0 Å². The Bertz CT molecular complexity index is 531. The Morgan fingerprint density at radius 1 is 1.29 bits per heavy atom. The number of nitrogens with zero attached hydrogens (tertiary/aromatic N) is 1. The maximum Gasteiger partial charge on any atom is 0.0891 e. The number of aromatic nitrogens is 1. The maximum absolute atomic E-state index is 5.54. The molecular weight excluding hydrogens is 210 g/mol. The van der Waals surface area contributed by atoms with Crippen molar-refractivity contribution in [2.45, 2.75) is 26.6 Å². The van der Waals surface area contributed by atoms with Gasteiger partial charge in [-0.3, -0.25) is 4.98 Å². The Morgan fingerprint density at radius 2 is 2.12 bits per heavy atom. The van der Waals surface area contributed by atoms with Crippen molar-refractivity contribution >= 4 is 17.0 Å². The highest BCUT2D eigenvalue weighted by atomic mass is 16.5. The third kappa shape index (κ3) is 2.92. The second kappa shape index (κ2) is 5.11. The molecule has 88 valence electrons. The molecule has 0 spiro atoms. The van der Waals surface area contributed by atoms with Gasteiger partial charge in [-0.2, -0.15) is 0 Å². The zero-order valence-corrected chi connectivity index (χ0v) is 10.3.